The van der Waals surface area contributed by atoms with Gasteiger partial charge in [0.15, 0.2) is 0 Å². The molecule has 0 radical (unpaired) electrons. The zero-order valence-corrected chi connectivity index (χ0v) is 11.6. The molecule has 0 unspecified atom stereocenters. The molecule has 1 aromatic carbocycles. The normalized spacial score (nSPS) is 9.88. The number of carbonyl (C=O) groups is 1. The van der Waals surface area contributed by atoms with Crippen LogP contribution in [0, 0.1) is 3.57 Å². The lowest BCUT2D eigenvalue weighted by Crippen LogP contribution is -2.30. The van der Waals surface area contributed by atoms with Gasteiger partial charge in [0.05, 0.1) is 6.54 Å². The van der Waals surface area contributed by atoms with E-state index >= 15 is 0 Å². The molecule has 3 nitrogen and oxygen atoms in total. The summed E-state index contributed by atoms with van der Waals surface area (Å²) in [7, 11) is 0. The summed E-state index contributed by atoms with van der Waals surface area (Å²) in [6.07, 6.45) is 2.14. The fourth-order valence-electron chi connectivity index (χ4n) is 1.25. The Hall–Kier alpha value is -0.780. The molecule has 0 aromatic heterocycles. The maximum Gasteiger partial charge on any atom is 0.239 e. The number of benzene rings is 1. The Balaban J connectivity index is 2.26. The number of carbonyl (C=O) groups excluding carboxylic acids is 1. The first-order valence-electron chi connectivity index (χ1n) is 5.48. The summed E-state index contributed by atoms with van der Waals surface area (Å²) in [5.41, 5.74) is 0.984. The third-order valence-corrected chi connectivity index (χ3v) is 2.80. The molecule has 1 amide bonds. The highest BCUT2D eigenvalue weighted by Gasteiger charge is 1.99. The predicted octanol–water partition coefficient (Wildman–Crippen LogP) is 2.62. The molecule has 88 valence electrons. The maximum atomic E-state index is 11.4. The van der Waals surface area contributed by atoms with Crippen LogP contribution in [0.25, 0.3) is 0 Å². The summed E-state index contributed by atoms with van der Waals surface area (Å²) in [6.45, 7) is 3.21. The van der Waals surface area contributed by atoms with Crippen LogP contribution in [0.15, 0.2) is 24.3 Å². The van der Waals surface area contributed by atoms with Gasteiger partial charge in [0, 0.05) is 15.8 Å². The lowest BCUT2D eigenvalue weighted by atomic mass is 10.3. The molecule has 0 saturated carbocycles. The van der Waals surface area contributed by atoms with Crippen LogP contribution in [0.4, 0.5) is 5.69 Å². The van der Waals surface area contributed by atoms with Gasteiger partial charge in [0.25, 0.3) is 0 Å². The van der Waals surface area contributed by atoms with Gasteiger partial charge >= 0.3 is 0 Å². The molecule has 0 spiro atoms. The Morgan fingerprint density at radius 3 is 2.94 bits per heavy atom. The van der Waals surface area contributed by atoms with E-state index in [2.05, 4.69) is 40.1 Å². The number of nitrogens with one attached hydrogen (secondary N) is 2. The van der Waals surface area contributed by atoms with Crippen molar-refractivity contribution in [2.75, 3.05) is 18.4 Å². The fraction of sp³-hybridized carbons (Fsp3) is 0.417. The number of anilines is 1. The molecular formula is C12H17IN2O. The molecule has 2 N–H and O–H groups in total. The predicted molar refractivity (Wildman–Crippen MR) is 75.6 cm³/mol. The molecule has 0 aliphatic heterocycles. The van der Waals surface area contributed by atoms with Crippen molar-refractivity contribution < 1.29 is 4.79 Å². The van der Waals surface area contributed by atoms with Crippen LogP contribution in [-0.2, 0) is 4.79 Å². The van der Waals surface area contributed by atoms with Crippen LogP contribution < -0.4 is 10.6 Å². The van der Waals surface area contributed by atoms with Crippen molar-refractivity contribution in [3.63, 3.8) is 0 Å². The van der Waals surface area contributed by atoms with Crippen molar-refractivity contribution in [1.29, 1.82) is 0 Å². The van der Waals surface area contributed by atoms with Crippen molar-refractivity contribution in [2.45, 2.75) is 19.8 Å². The number of halogens is 1. The summed E-state index contributed by atoms with van der Waals surface area (Å²) >= 11 is 2.25. The topological polar surface area (TPSA) is 41.1 Å². The number of hydrogen-bond donors (Lipinski definition) is 2. The smallest absolute Gasteiger partial charge is 0.239 e. The van der Waals surface area contributed by atoms with Crippen molar-refractivity contribution in [1.82, 2.24) is 5.32 Å². The molecule has 0 aliphatic rings. The Bertz CT molecular complexity index is 342. The highest BCUT2D eigenvalue weighted by Crippen LogP contribution is 2.11. The summed E-state index contributed by atoms with van der Waals surface area (Å²) in [5, 5.41) is 5.96. The third kappa shape index (κ3) is 5.34. The van der Waals surface area contributed by atoms with Gasteiger partial charge in [0.2, 0.25) is 5.91 Å². The van der Waals surface area contributed by atoms with Crippen molar-refractivity contribution in [2.24, 2.45) is 0 Å². The number of hydrogen-bond acceptors (Lipinski definition) is 2. The Kier molecular flexibility index (Phi) is 6.22. The first kappa shape index (κ1) is 13.3. The average Bonchev–Trinajstić information content (AvgIpc) is 2.27. The van der Waals surface area contributed by atoms with Crippen LogP contribution in [0.3, 0.4) is 0 Å². The van der Waals surface area contributed by atoms with Crippen LogP contribution in [0.5, 0.6) is 0 Å². The SMILES string of the molecule is CCCCNC(=O)CNc1cccc(I)c1. The second kappa shape index (κ2) is 7.49. The number of unbranched alkanes of at least 4 members (excludes halogenated alkanes) is 1. The molecule has 0 heterocycles. The Morgan fingerprint density at radius 2 is 2.25 bits per heavy atom. The summed E-state index contributed by atoms with van der Waals surface area (Å²) < 4.78 is 1.16. The highest BCUT2D eigenvalue weighted by atomic mass is 127. The molecule has 1 rings (SSSR count). The van der Waals surface area contributed by atoms with Gasteiger partial charge in [-0.3, -0.25) is 4.79 Å². The molecular weight excluding hydrogens is 315 g/mol. The van der Waals surface area contributed by atoms with E-state index in [0.717, 1.165) is 28.6 Å². The van der Waals surface area contributed by atoms with Crippen LogP contribution >= 0.6 is 22.6 Å². The average molecular weight is 332 g/mol. The quantitative estimate of drug-likeness (QED) is 0.621. The van der Waals surface area contributed by atoms with Gasteiger partial charge in [0.1, 0.15) is 0 Å². The van der Waals surface area contributed by atoms with Crippen LogP contribution in [0.2, 0.25) is 0 Å². The van der Waals surface area contributed by atoms with Crippen molar-refractivity contribution in [3.8, 4) is 0 Å². The zero-order chi connectivity index (χ0) is 11.8. The van der Waals surface area contributed by atoms with Gasteiger partial charge < -0.3 is 10.6 Å². The highest BCUT2D eigenvalue weighted by molar-refractivity contribution is 14.1. The second-order valence-electron chi connectivity index (χ2n) is 3.57. The first-order chi connectivity index (χ1) is 7.72. The van der Waals surface area contributed by atoms with Crippen molar-refractivity contribution >= 4 is 34.2 Å². The molecule has 1 aromatic rings. The molecule has 0 atom stereocenters. The van der Waals surface area contributed by atoms with Gasteiger partial charge in [-0.05, 0) is 47.2 Å². The van der Waals surface area contributed by atoms with Gasteiger partial charge in [-0.15, -0.1) is 0 Å². The van der Waals surface area contributed by atoms with E-state index in [1.54, 1.807) is 0 Å². The summed E-state index contributed by atoms with van der Waals surface area (Å²) in [4.78, 5) is 11.4. The lowest BCUT2D eigenvalue weighted by Gasteiger charge is -2.07. The number of amides is 1. The van der Waals surface area contributed by atoms with Gasteiger partial charge in [-0.1, -0.05) is 19.4 Å². The van der Waals surface area contributed by atoms with E-state index in [0.29, 0.717) is 6.54 Å². The molecule has 16 heavy (non-hydrogen) atoms. The van der Waals surface area contributed by atoms with Gasteiger partial charge in [-0.25, -0.2) is 0 Å². The molecule has 0 bridgehead atoms. The van der Waals surface area contributed by atoms with Gasteiger partial charge in [-0.2, -0.15) is 0 Å². The van der Waals surface area contributed by atoms with E-state index in [-0.39, 0.29) is 5.91 Å². The van der Waals surface area contributed by atoms with E-state index in [4.69, 9.17) is 0 Å². The Morgan fingerprint density at radius 1 is 1.44 bits per heavy atom. The lowest BCUT2D eigenvalue weighted by molar-refractivity contribution is -0.119. The minimum absolute atomic E-state index is 0.0484. The minimum atomic E-state index is 0.0484. The van der Waals surface area contributed by atoms with E-state index in [9.17, 15) is 4.79 Å². The zero-order valence-electron chi connectivity index (χ0n) is 9.42. The largest absolute Gasteiger partial charge is 0.376 e. The van der Waals surface area contributed by atoms with Crippen LogP contribution in [0.1, 0.15) is 19.8 Å². The standard InChI is InChI=1S/C12H17IN2O/c1-2-3-7-14-12(16)9-15-11-6-4-5-10(13)8-11/h4-6,8,15H,2-3,7,9H2,1H3,(H,14,16). The van der Waals surface area contributed by atoms with E-state index in [1.807, 2.05) is 24.3 Å². The summed E-state index contributed by atoms with van der Waals surface area (Å²) in [5.74, 6) is 0.0484. The molecule has 0 saturated heterocycles. The molecule has 0 fully saturated rings. The molecule has 4 heteroatoms. The first-order valence-corrected chi connectivity index (χ1v) is 6.56. The van der Waals surface area contributed by atoms with E-state index in [1.165, 1.54) is 0 Å². The van der Waals surface area contributed by atoms with Crippen LogP contribution in [-0.4, -0.2) is 19.0 Å². The third-order valence-electron chi connectivity index (χ3n) is 2.13. The van der Waals surface area contributed by atoms with Crippen molar-refractivity contribution in [3.05, 3.63) is 27.8 Å². The second-order valence-corrected chi connectivity index (χ2v) is 4.81. The number of rotatable bonds is 6. The minimum Gasteiger partial charge on any atom is -0.376 e. The monoisotopic (exact) mass is 332 g/mol. The Labute approximate surface area is 110 Å². The maximum absolute atomic E-state index is 11.4. The summed E-state index contributed by atoms with van der Waals surface area (Å²) in [6, 6.07) is 7.97. The van der Waals surface area contributed by atoms with E-state index < -0.39 is 0 Å². The molecule has 0 aliphatic carbocycles. The fourth-order valence-corrected chi connectivity index (χ4v) is 1.79.